The summed E-state index contributed by atoms with van der Waals surface area (Å²) in [7, 11) is -3.62. The smallest absolute Gasteiger partial charge is 0.257 e. The van der Waals surface area contributed by atoms with Crippen molar-refractivity contribution >= 4 is 38.2 Å². The molecule has 0 saturated carbocycles. The molecule has 1 unspecified atom stereocenters. The van der Waals surface area contributed by atoms with Crippen molar-refractivity contribution in [3.05, 3.63) is 81.7 Å². The number of hydrogen-bond acceptors (Lipinski definition) is 6. The molecule has 0 bridgehead atoms. The molecule has 8 nitrogen and oxygen atoms in total. The van der Waals surface area contributed by atoms with Crippen LogP contribution >= 0.6 is 11.3 Å². The van der Waals surface area contributed by atoms with Gasteiger partial charge in [0.05, 0.1) is 10.5 Å². The van der Waals surface area contributed by atoms with Crippen LogP contribution in [0.25, 0.3) is 0 Å². The SMILES string of the molecule is CCCN(CCC)C(=O)c1c(NC(=O)c2ccc(S(=O)(=O)N3CCCC(C)C3)cc2)sc2c1CCN(Cc1ccccc1)C2. The van der Waals surface area contributed by atoms with Gasteiger partial charge in [0.2, 0.25) is 10.0 Å². The molecule has 3 heterocycles. The summed E-state index contributed by atoms with van der Waals surface area (Å²) in [5, 5.41) is 3.62. The van der Waals surface area contributed by atoms with Crippen molar-refractivity contribution in [2.75, 3.05) is 38.0 Å². The summed E-state index contributed by atoms with van der Waals surface area (Å²) in [6.45, 7) is 10.9. The Hall–Kier alpha value is -3.05. The van der Waals surface area contributed by atoms with E-state index in [2.05, 4.69) is 43.1 Å². The van der Waals surface area contributed by atoms with Gasteiger partial charge in [0, 0.05) is 56.3 Å². The van der Waals surface area contributed by atoms with Crippen molar-refractivity contribution in [2.24, 2.45) is 5.92 Å². The van der Waals surface area contributed by atoms with E-state index in [0.717, 1.165) is 55.6 Å². The van der Waals surface area contributed by atoms with E-state index in [4.69, 9.17) is 0 Å². The highest BCUT2D eigenvalue weighted by Gasteiger charge is 2.32. The molecule has 236 valence electrons. The topological polar surface area (TPSA) is 90.0 Å². The summed E-state index contributed by atoms with van der Waals surface area (Å²) < 4.78 is 28.0. The molecule has 2 aliphatic rings. The molecule has 2 amide bonds. The molecule has 3 aromatic rings. The first-order valence-corrected chi connectivity index (χ1v) is 18.1. The fourth-order valence-electron chi connectivity index (χ4n) is 6.23. The summed E-state index contributed by atoms with van der Waals surface area (Å²) in [6.07, 6.45) is 4.34. The van der Waals surface area contributed by atoms with Crippen molar-refractivity contribution in [2.45, 2.75) is 70.9 Å². The molecule has 5 rings (SSSR count). The Morgan fingerprint density at radius 3 is 2.36 bits per heavy atom. The number of benzene rings is 2. The van der Waals surface area contributed by atoms with Gasteiger partial charge >= 0.3 is 0 Å². The maximum atomic E-state index is 14.0. The number of sulfonamides is 1. The monoisotopic (exact) mass is 636 g/mol. The van der Waals surface area contributed by atoms with Crippen LogP contribution < -0.4 is 5.32 Å². The number of amides is 2. The number of anilines is 1. The Morgan fingerprint density at radius 2 is 1.70 bits per heavy atom. The molecule has 2 aliphatic heterocycles. The van der Waals surface area contributed by atoms with Gasteiger partial charge in [-0.3, -0.25) is 14.5 Å². The molecule has 0 radical (unpaired) electrons. The molecule has 10 heteroatoms. The van der Waals surface area contributed by atoms with Crippen molar-refractivity contribution in [1.82, 2.24) is 14.1 Å². The summed E-state index contributed by atoms with van der Waals surface area (Å²) in [5.74, 6) is -0.0600. The minimum atomic E-state index is -3.62. The van der Waals surface area contributed by atoms with Crippen LogP contribution in [0.1, 0.15) is 83.2 Å². The first-order valence-electron chi connectivity index (χ1n) is 15.8. The molecule has 0 spiro atoms. The van der Waals surface area contributed by atoms with Crippen LogP contribution in [0, 0.1) is 5.92 Å². The molecule has 1 N–H and O–H groups in total. The number of carbonyl (C=O) groups is 2. The number of nitrogens with zero attached hydrogens (tertiary/aromatic N) is 3. The highest BCUT2D eigenvalue weighted by molar-refractivity contribution is 7.89. The quantitative estimate of drug-likeness (QED) is 0.269. The number of rotatable bonds is 11. The molecule has 2 aromatic carbocycles. The lowest BCUT2D eigenvalue weighted by molar-refractivity contribution is 0.0755. The predicted molar refractivity (Wildman–Crippen MR) is 177 cm³/mol. The Bertz CT molecular complexity index is 1550. The number of nitrogens with one attached hydrogen (secondary N) is 1. The van der Waals surface area contributed by atoms with Gasteiger partial charge in [0.15, 0.2) is 0 Å². The third-order valence-electron chi connectivity index (χ3n) is 8.47. The summed E-state index contributed by atoms with van der Waals surface area (Å²) >= 11 is 1.48. The van der Waals surface area contributed by atoms with E-state index >= 15 is 0 Å². The molecular weight excluding hydrogens is 593 g/mol. The molecule has 44 heavy (non-hydrogen) atoms. The first-order chi connectivity index (χ1) is 21.2. The third-order valence-corrected chi connectivity index (χ3v) is 11.5. The number of thiophene rings is 1. The van der Waals surface area contributed by atoms with E-state index in [1.54, 1.807) is 16.4 Å². The van der Waals surface area contributed by atoms with Crippen LogP contribution in [0.4, 0.5) is 5.00 Å². The molecular formula is C34H44N4O4S2. The van der Waals surface area contributed by atoms with Crippen LogP contribution in [-0.4, -0.2) is 67.1 Å². The van der Waals surface area contributed by atoms with Crippen LogP contribution in [0.5, 0.6) is 0 Å². The maximum Gasteiger partial charge on any atom is 0.257 e. The lowest BCUT2D eigenvalue weighted by Crippen LogP contribution is -2.39. The zero-order chi connectivity index (χ0) is 31.3. The highest BCUT2D eigenvalue weighted by atomic mass is 32.2. The minimum Gasteiger partial charge on any atom is -0.339 e. The largest absolute Gasteiger partial charge is 0.339 e. The van der Waals surface area contributed by atoms with Gasteiger partial charge in [-0.25, -0.2) is 8.42 Å². The van der Waals surface area contributed by atoms with Crippen LogP contribution in [0.2, 0.25) is 0 Å². The van der Waals surface area contributed by atoms with Gasteiger partial charge in [0.25, 0.3) is 11.8 Å². The lowest BCUT2D eigenvalue weighted by atomic mass is 10.0. The van der Waals surface area contributed by atoms with Gasteiger partial charge in [-0.15, -0.1) is 11.3 Å². The fourth-order valence-corrected chi connectivity index (χ4v) is 9.10. The number of piperidine rings is 1. The average molecular weight is 637 g/mol. The Balaban J connectivity index is 1.39. The third kappa shape index (κ3) is 7.25. The first kappa shape index (κ1) is 32.3. The molecule has 0 aliphatic carbocycles. The second-order valence-electron chi connectivity index (χ2n) is 12.0. The normalized spacial score (nSPS) is 17.7. The Labute approximate surface area is 266 Å². The number of fused-ring (bicyclic) bond motifs is 1. The molecule has 1 fully saturated rings. The van der Waals surface area contributed by atoms with E-state index in [1.165, 1.54) is 29.0 Å². The predicted octanol–water partition coefficient (Wildman–Crippen LogP) is 6.24. The van der Waals surface area contributed by atoms with Crippen LogP contribution in [0.3, 0.4) is 0 Å². The van der Waals surface area contributed by atoms with Crippen LogP contribution in [-0.2, 0) is 29.5 Å². The summed E-state index contributed by atoms with van der Waals surface area (Å²) in [6, 6.07) is 16.5. The van der Waals surface area contributed by atoms with E-state index in [0.29, 0.717) is 54.8 Å². The fraction of sp³-hybridized carbons (Fsp3) is 0.471. The minimum absolute atomic E-state index is 0.0322. The van der Waals surface area contributed by atoms with Crippen molar-refractivity contribution in [1.29, 1.82) is 0 Å². The van der Waals surface area contributed by atoms with E-state index in [1.807, 2.05) is 23.1 Å². The molecule has 1 saturated heterocycles. The average Bonchev–Trinajstić information content (AvgIpc) is 3.38. The van der Waals surface area contributed by atoms with Gasteiger partial charge in [0.1, 0.15) is 5.00 Å². The second-order valence-corrected chi connectivity index (χ2v) is 15.1. The standard InChI is InChI=1S/C34H44N4O4S2/c1-4-18-37(19-5-2)34(40)31-29-17-21-36(23-26-11-7-6-8-12-26)24-30(29)43-33(31)35-32(39)27-13-15-28(16-14-27)44(41,42)38-20-9-10-25(3)22-38/h6-8,11-16,25H,4-5,9-10,17-24H2,1-3H3,(H,35,39). The van der Waals surface area contributed by atoms with Gasteiger partial charge in [-0.05, 0) is 73.4 Å². The molecule has 1 atom stereocenters. The van der Waals surface area contributed by atoms with Crippen molar-refractivity contribution in [3.63, 3.8) is 0 Å². The lowest BCUT2D eigenvalue weighted by Gasteiger charge is -2.30. The van der Waals surface area contributed by atoms with E-state index in [-0.39, 0.29) is 16.7 Å². The van der Waals surface area contributed by atoms with Gasteiger partial charge < -0.3 is 10.2 Å². The maximum absolute atomic E-state index is 14.0. The van der Waals surface area contributed by atoms with Crippen molar-refractivity contribution in [3.8, 4) is 0 Å². The zero-order valence-corrected chi connectivity index (χ0v) is 27.7. The Kier molecular flexibility index (Phi) is 10.6. The number of hydrogen-bond donors (Lipinski definition) is 1. The zero-order valence-electron chi connectivity index (χ0n) is 26.0. The highest BCUT2D eigenvalue weighted by Crippen LogP contribution is 2.39. The molecule has 1 aromatic heterocycles. The van der Waals surface area contributed by atoms with E-state index < -0.39 is 10.0 Å². The number of carbonyl (C=O) groups excluding carboxylic acids is 2. The van der Waals surface area contributed by atoms with Gasteiger partial charge in [-0.2, -0.15) is 4.31 Å². The Morgan fingerprint density at radius 1 is 1.00 bits per heavy atom. The summed E-state index contributed by atoms with van der Waals surface area (Å²) in [5.41, 5.74) is 3.24. The second kappa shape index (κ2) is 14.4. The van der Waals surface area contributed by atoms with E-state index in [9.17, 15) is 18.0 Å². The summed E-state index contributed by atoms with van der Waals surface area (Å²) in [4.78, 5) is 33.1. The van der Waals surface area contributed by atoms with Crippen molar-refractivity contribution < 1.29 is 18.0 Å². The van der Waals surface area contributed by atoms with Crippen LogP contribution in [0.15, 0.2) is 59.5 Å². The van der Waals surface area contributed by atoms with Gasteiger partial charge in [-0.1, -0.05) is 51.1 Å².